The summed E-state index contributed by atoms with van der Waals surface area (Å²) in [7, 11) is 1.59. The van der Waals surface area contributed by atoms with Crippen molar-refractivity contribution in [3.05, 3.63) is 24.3 Å². The smallest absolute Gasteiger partial charge is 0.320 e. The Hall–Kier alpha value is -1.95. The van der Waals surface area contributed by atoms with E-state index in [9.17, 15) is 4.79 Å². The Morgan fingerprint density at radius 3 is 2.48 bits per heavy atom. The number of urea groups is 1. The third kappa shape index (κ3) is 4.26. The van der Waals surface area contributed by atoms with Gasteiger partial charge in [0.05, 0.1) is 7.11 Å². The second kappa shape index (κ2) is 7.73. The van der Waals surface area contributed by atoms with Crippen molar-refractivity contribution < 1.29 is 14.3 Å². The van der Waals surface area contributed by atoms with E-state index in [1.54, 1.807) is 7.11 Å². The normalized spacial score (nSPS) is 15.6. The maximum Gasteiger partial charge on any atom is 0.320 e. The van der Waals surface area contributed by atoms with Crippen LogP contribution in [0.1, 0.15) is 6.92 Å². The van der Waals surface area contributed by atoms with Crippen LogP contribution in [-0.4, -0.2) is 62.4 Å². The minimum atomic E-state index is -0.0827. The highest BCUT2D eigenvalue weighted by Gasteiger charge is 2.19. The summed E-state index contributed by atoms with van der Waals surface area (Å²) in [5.74, 6) is 1.28. The van der Waals surface area contributed by atoms with Crippen LogP contribution in [0.5, 0.6) is 11.5 Å². The Morgan fingerprint density at radius 1 is 1.19 bits per heavy atom. The van der Waals surface area contributed by atoms with Crippen LogP contribution >= 0.6 is 0 Å². The third-order valence-corrected chi connectivity index (χ3v) is 3.63. The molecule has 0 aromatic heterocycles. The first kappa shape index (κ1) is 15.4. The average molecular weight is 293 g/mol. The Labute approximate surface area is 125 Å². The van der Waals surface area contributed by atoms with Gasteiger partial charge in [-0.3, -0.25) is 0 Å². The molecule has 2 amide bonds. The molecule has 1 aromatic carbocycles. The van der Waals surface area contributed by atoms with Crippen LogP contribution in [-0.2, 0) is 0 Å². The molecule has 0 bridgehead atoms. The third-order valence-electron chi connectivity index (χ3n) is 3.63. The summed E-state index contributed by atoms with van der Waals surface area (Å²) in [4.78, 5) is 16.2. The van der Waals surface area contributed by atoms with Crippen LogP contribution in [0.4, 0.5) is 4.79 Å². The fourth-order valence-corrected chi connectivity index (χ4v) is 2.29. The van der Waals surface area contributed by atoms with Gasteiger partial charge in [0, 0.05) is 26.2 Å². The molecule has 0 aliphatic carbocycles. The van der Waals surface area contributed by atoms with Gasteiger partial charge >= 0.3 is 6.03 Å². The quantitative estimate of drug-likeness (QED) is 0.833. The molecule has 0 unspecified atom stereocenters. The van der Waals surface area contributed by atoms with Crippen LogP contribution in [0, 0.1) is 0 Å². The van der Waals surface area contributed by atoms with Crippen molar-refractivity contribution in [1.82, 2.24) is 15.1 Å². The van der Waals surface area contributed by atoms with E-state index in [1.165, 1.54) is 0 Å². The molecule has 1 fully saturated rings. The number of amides is 2. The van der Waals surface area contributed by atoms with Crippen LogP contribution in [0.2, 0.25) is 0 Å². The number of ether oxygens (including phenoxy) is 2. The molecule has 0 spiro atoms. The van der Waals surface area contributed by atoms with Gasteiger partial charge in [0.15, 0.2) is 18.2 Å². The Balaban J connectivity index is 1.74. The number of nitrogens with zero attached hydrogens (tertiary/aromatic N) is 2. The highest BCUT2D eigenvalue weighted by Crippen LogP contribution is 2.25. The Morgan fingerprint density at radius 2 is 1.86 bits per heavy atom. The van der Waals surface area contributed by atoms with Crippen LogP contribution in [0.15, 0.2) is 24.3 Å². The van der Waals surface area contributed by atoms with Crippen molar-refractivity contribution in [2.45, 2.75) is 6.92 Å². The molecule has 2 rings (SSSR count). The molecule has 1 heterocycles. The number of carbonyl (C=O) groups is 1. The molecule has 6 nitrogen and oxygen atoms in total. The van der Waals surface area contributed by atoms with Gasteiger partial charge in [-0.25, -0.2) is 4.79 Å². The molecular weight excluding hydrogens is 270 g/mol. The van der Waals surface area contributed by atoms with Gasteiger partial charge < -0.3 is 24.6 Å². The monoisotopic (exact) mass is 293 g/mol. The maximum absolute atomic E-state index is 12.0. The van der Waals surface area contributed by atoms with Gasteiger partial charge in [-0.15, -0.1) is 0 Å². The fourth-order valence-electron chi connectivity index (χ4n) is 2.29. The summed E-state index contributed by atoms with van der Waals surface area (Å²) in [6, 6.07) is 7.29. The summed E-state index contributed by atoms with van der Waals surface area (Å²) in [6.07, 6.45) is 0. The van der Waals surface area contributed by atoms with E-state index in [0.717, 1.165) is 32.7 Å². The fraction of sp³-hybridized carbons (Fsp3) is 0.533. The predicted molar refractivity (Wildman–Crippen MR) is 80.7 cm³/mol. The largest absolute Gasteiger partial charge is 0.493 e. The molecule has 0 saturated carbocycles. The minimum absolute atomic E-state index is 0.0827. The number of hydrogen-bond acceptors (Lipinski definition) is 4. The molecule has 6 heteroatoms. The summed E-state index contributed by atoms with van der Waals surface area (Å²) in [6.45, 7) is 6.67. The number of piperazine rings is 1. The number of para-hydroxylation sites is 2. The summed E-state index contributed by atoms with van der Waals surface area (Å²) >= 11 is 0. The first-order valence-electron chi connectivity index (χ1n) is 7.25. The number of benzene rings is 1. The van der Waals surface area contributed by atoms with Crippen LogP contribution in [0.3, 0.4) is 0 Å². The standard InChI is InChI=1S/C15H23N3O3/c1-3-17-8-10-18(11-9-17)15(19)16-12-21-14-7-5-4-6-13(14)20-2/h4-7H,3,8-12H2,1-2H3,(H,16,19). The lowest BCUT2D eigenvalue weighted by Crippen LogP contribution is -2.52. The highest BCUT2D eigenvalue weighted by molar-refractivity contribution is 5.74. The average Bonchev–Trinajstić information content (AvgIpc) is 2.55. The van der Waals surface area contributed by atoms with Gasteiger partial charge in [0.2, 0.25) is 0 Å². The first-order chi connectivity index (χ1) is 10.2. The number of methoxy groups -OCH3 is 1. The van der Waals surface area contributed by atoms with E-state index < -0.39 is 0 Å². The number of likely N-dealkylation sites (N-methyl/N-ethyl adjacent to an activating group) is 1. The van der Waals surface area contributed by atoms with Gasteiger partial charge in [-0.05, 0) is 18.7 Å². The summed E-state index contributed by atoms with van der Waals surface area (Å²) < 4.78 is 10.7. The van der Waals surface area contributed by atoms with Crippen molar-refractivity contribution >= 4 is 6.03 Å². The Bertz CT molecular complexity index is 459. The van der Waals surface area contributed by atoms with Gasteiger partial charge in [-0.1, -0.05) is 19.1 Å². The molecule has 116 valence electrons. The van der Waals surface area contributed by atoms with Gasteiger partial charge in [0.25, 0.3) is 0 Å². The van der Waals surface area contributed by atoms with E-state index in [-0.39, 0.29) is 12.8 Å². The number of carbonyl (C=O) groups excluding carboxylic acids is 1. The topological polar surface area (TPSA) is 54.0 Å². The number of nitrogens with one attached hydrogen (secondary N) is 1. The van der Waals surface area contributed by atoms with E-state index >= 15 is 0 Å². The van der Waals surface area contributed by atoms with E-state index in [0.29, 0.717) is 11.5 Å². The molecule has 1 aromatic rings. The van der Waals surface area contributed by atoms with Gasteiger partial charge in [-0.2, -0.15) is 0 Å². The molecule has 21 heavy (non-hydrogen) atoms. The van der Waals surface area contributed by atoms with E-state index in [2.05, 4.69) is 17.1 Å². The zero-order valence-corrected chi connectivity index (χ0v) is 12.7. The molecule has 1 aliphatic rings. The van der Waals surface area contributed by atoms with Crippen molar-refractivity contribution in [2.24, 2.45) is 0 Å². The lowest BCUT2D eigenvalue weighted by Gasteiger charge is -2.33. The van der Waals surface area contributed by atoms with Crippen LogP contribution < -0.4 is 14.8 Å². The molecule has 1 saturated heterocycles. The second-order valence-electron chi connectivity index (χ2n) is 4.84. The molecule has 0 radical (unpaired) electrons. The molecule has 1 N–H and O–H groups in total. The van der Waals surface area contributed by atoms with Gasteiger partial charge in [0.1, 0.15) is 0 Å². The Kier molecular flexibility index (Phi) is 5.68. The van der Waals surface area contributed by atoms with Crippen molar-refractivity contribution in [3.63, 3.8) is 0 Å². The number of rotatable bonds is 5. The van der Waals surface area contributed by atoms with Crippen LogP contribution in [0.25, 0.3) is 0 Å². The lowest BCUT2D eigenvalue weighted by atomic mass is 10.3. The SMILES string of the molecule is CCN1CCN(C(=O)NCOc2ccccc2OC)CC1. The van der Waals surface area contributed by atoms with E-state index in [4.69, 9.17) is 9.47 Å². The molecule has 0 atom stereocenters. The first-order valence-corrected chi connectivity index (χ1v) is 7.25. The minimum Gasteiger partial charge on any atom is -0.493 e. The molecule has 1 aliphatic heterocycles. The maximum atomic E-state index is 12.0. The lowest BCUT2D eigenvalue weighted by molar-refractivity contribution is 0.137. The van der Waals surface area contributed by atoms with Crippen molar-refractivity contribution in [3.8, 4) is 11.5 Å². The summed E-state index contributed by atoms with van der Waals surface area (Å²) in [5, 5.41) is 2.78. The molecular formula is C15H23N3O3. The van der Waals surface area contributed by atoms with Crippen molar-refractivity contribution in [2.75, 3.05) is 46.6 Å². The summed E-state index contributed by atoms with van der Waals surface area (Å²) in [5.41, 5.74) is 0. The zero-order valence-electron chi connectivity index (χ0n) is 12.7. The van der Waals surface area contributed by atoms with Crippen molar-refractivity contribution in [1.29, 1.82) is 0 Å². The van der Waals surface area contributed by atoms with E-state index in [1.807, 2.05) is 29.2 Å². The number of hydrogen-bond donors (Lipinski definition) is 1. The predicted octanol–water partition coefficient (Wildman–Crippen LogP) is 1.38. The zero-order chi connectivity index (χ0) is 15.1. The highest BCUT2D eigenvalue weighted by atomic mass is 16.5. The second-order valence-corrected chi connectivity index (χ2v) is 4.84.